The van der Waals surface area contributed by atoms with Crippen molar-refractivity contribution >= 4 is 11.9 Å². The fourth-order valence-electron chi connectivity index (χ4n) is 5.21. The molecule has 1 aliphatic carbocycles. The molecule has 1 amide bonds. The normalized spacial score (nSPS) is 26.1. The minimum Gasteiger partial charge on any atom is -0.474 e. The van der Waals surface area contributed by atoms with E-state index in [2.05, 4.69) is 9.88 Å². The number of rotatable bonds is 6. The van der Waals surface area contributed by atoms with Gasteiger partial charge in [-0.2, -0.15) is 0 Å². The van der Waals surface area contributed by atoms with E-state index in [-0.39, 0.29) is 23.9 Å². The van der Waals surface area contributed by atoms with E-state index in [4.69, 9.17) is 9.47 Å². The van der Waals surface area contributed by atoms with Crippen molar-refractivity contribution in [1.29, 1.82) is 0 Å². The predicted octanol–water partition coefficient (Wildman–Crippen LogP) is 3.37. The second-order valence-corrected chi connectivity index (χ2v) is 9.53. The summed E-state index contributed by atoms with van der Waals surface area (Å²) < 4.78 is 11.7. The Morgan fingerprint density at radius 3 is 2.68 bits per heavy atom. The number of esters is 1. The molecule has 7 heteroatoms. The van der Waals surface area contributed by atoms with Gasteiger partial charge in [0.2, 0.25) is 11.8 Å². The first-order valence-electron chi connectivity index (χ1n) is 11.8. The van der Waals surface area contributed by atoms with Crippen molar-refractivity contribution < 1.29 is 19.1 Å². The number of carbonyl (C=O) groups is 2. The fourth-order valence-corrected chi connectivity index (χ4v) is 5.21. The van der Waals surface area contributed by atoms with Crippen LogP contribution in [0.5, 0.6) is 5.88 Å². The number of pyridine rings is 1. The maximum atomic E-state index is 13.0. The molecule has 3 aliphatic rings. The number of hydrogen-bond donors (Lipinski definition) is 0. The van der Waals surface area contributed by atoms with Gasteiger partial charge in [0.15, 0.2) is 0 Å². The van der Waals surface area contributed by atoms with Gasteiger partial charge in [0.1, 0.15) is 11.2 Å². The number of likely N-dealkylation sites (N-methyl/N-ethyl adjacent to an activating group) is 1. The lowest BCUT2D eigenvalue weighted by molar-refractivity contribution is -0.137. The quantitative estimate of drug-likeness (QED) is 0.646. The Morgan fingerprint density at radius 2 is 2.00 bits per heavy atom. The number of fused-ring (bicyclic) bond motifs is 2. The van der Waals surface area contributed by atoms with Crippen LogP contribution in [-0.4, -0.2) is 66.0 Å². The van der Waals surface area contributed by atoms with Crippen LogP contribution in [0, 0.1) is 5.92 Å². The van der Waals surface area contributed by atoms with Crippen LogP contribution >= 0.6 is 0 Å². The number of aromatic nitrogens is 1. The summed E-state index contributed by atoms with van der Waals surface area (Å²) in [6.07, 6.45) is 8.24. The van der Waals surface area contributed by atoms with E-state index in [0.29, 0.717) is 24.3 Å². The zero-order valence-corrected chi connectivity index (χ0v) is 19.1. The van der Waals surface area contributed by atoms with Gasteiger partial charge >= 0.3 is 5.97 Å². The molecule has 2 aliphatic heterocycles. The van der Waals surface area contributed by atoms with Gasteiger partial charge in [0, 0.05) is 37.8 Å². The lowest BCUT2D eigenvalue weighted by atomic mass is 9.75. The molecular formula is C24H35N3O4. The van der Waals surface area contributed by atoms with Crippen LogP contribution < -0.4 is 4.74 Å². The Kier molecular flexibility index (Phi) is 6.51. The number of amides is 1. The SMILES string of the molecule is CC(C)Oc1nccc2c1C(=O)OC21CCC(C(=O)N(C)CCN2CCCCC2)CC1. The van der Waals surface area contributed by atoms with Crippen LogP contribution in [0.25, 0.3) is 0 Å². The highest BCUT2D eigenvalue weighted by Gasteiger charge is 2.50. The molecule has 1 saturated heterocycles. The van der Waals surface area contributed by atoms with Gasteiger partial charge in [0.25, 0.3) is 0 Å². The first-order chi connectivity index (χ1) is 14.9. The summed E-state index contributed by atoms with van der Waals surface area (Å²) in [4.78, 5) is 34.3. The van der Waals surface area contributed by atoms with E-state index in [1.165, 1.54) is 19.3 Å². The molecule has 0 N–H and O–H groups in total. The largest absolute Gasteiger partial charge is 0.474 e. The van der Waals surface area contributed by atoms with Gasteiger partial charge in [-0.05, 0) is 71.5 Å². The number of likely N-dealkylation sites (tertiary alicyclic amines) is 1. The molecule has 3 heterocycles. The van der Waals surface area contributed by atoms with Gasteiger partial charge in [-0.1, -0.05) is 6.42 Å². The lowest BCUT2D eigenvalue weighted by Crippen LogP contribution is -2.43. The molecule has 0 atom stereocenters. The summed E-state index contributed by atoms with van der Waals surface area (Å²) in [5.74, 6) is 0.204. The lowest BCUT2D eigenvalue weighted by Gasteiger charge is -2.37. The van der Waals surface area contributed by atoms with E-state index < -0.39 is 5.60 Å². The maximum absolute atomic E-state index is 13.0. The third-order valence-corrected chi connectivity index (χ3v) is 6.97. The second-order valence-electron chi connectivity index (χ2n) is 9.53. The summed E-state index contributed by atoms with van der Waals surface area (Å²) in [7, 11) is 1.92. The molecule has 7 nitrogen and oxygen atoms in total. The van der Waals surface area contributed by atoms with Crippen LogP contribution in [0.15, 0.2) is 12.3 Å². The third-order valence-electron chi connectivity index (χ3n) is 6.97. The van der Waals surface area contributed by atoms with Crippen molar-refractivity contribution in [2.24, 2.45) is 5.92 Å². The number of piperidine rings is 1. The average molecular weight is 430 g/mol. The third kappa shape index (κ3) is 4.56. The molecule has 0 unspecified atom stereocenters. The number of ether oxygens (including phenoxy) is 2. The first-order valence-corrected chi connectivity index (χ1v) is 11.8. The van der Waals surface area contributed by atoms with E-state index >= 15 is 0 Å². The summed E-state index contributed by atoms with van der Waals surface area (Å²) in [5, 5.41) is 0. The summed E-state index contributed by atoms with van der Waals surface area (Å²) in [6.45, 7) is 7.85. The highest BCUT2D eigenvalue weighted by molar-refractivity contribution is 5.97. The highest BCUT2D eigenvalue weighted by atomic mass is 16.6. The molecule has 170 valence electrons. The topological polar surface area (TPSA) is 72.0 Å². The zero-order valence-electron chi connectivity index (χ0n) is 19.1. The molecule has 31 heavy (non-hydrogen) atoms. The summed E-state index contributed by atoms with van der Waals surface area (Å²) in [6, 6.07) is 1.88. The minimum absolute atomic E-state index is 0.00652. The monoisotopic (exact) mass is 429 g/mol. The van der Waals surface area contributed by atoms with E-state index in [1.807, 2.05) is 31.9 Å². The molecule has 1 aromatic rings. The predicted molar refractivity (Wildman–Crippen MR) is 117 cm³/mol. The van der Waals surface area contributed by atoms with Gasteiger partial charge in [-0.15, -0.1) is 0 Å². The molecule has 1 spiro atoms. The zero-order chi connectivity index (χ0) is 22.0. The molecule has 2 fully saturated rings. The Labute approximate surface area is 185 Å². The molecule has 0 bridgehead atoms. The molecule has 0 aromatic carbocycles. The van der Waals surface area contributed by atoms with Crippen LogP contribution in [0.4, 0.5) is 0 Å². The van der Waals surface area contributed by atoms with E-state index in [1.54, 1.807) is 6.20 Å². The van der Waals surface area contributed by atoms with Crippen molar-refractivity contribution in [1.82, 2.24) is 14.8 Å². The van der Waals surface area contributed by atoms with E-state index in [9.17, 15) is 9.59 Å². The van der Waals surface area contributed by atoms with Crippen molar-refractivity contribution in [3.63, 3.8) is 0 Å². The highest BCUT2D eigenvalue weighted by Crippen LogP contribution is 2.49. The average Bonchev–Trinajstić information content (AvgIpc) is 3.04. The second kappa shape index (κ2) is 9.15. The first kappa shape index (κ1) is 22.1. The number of nitrogens with zero attached hydrogens (tertiary/aromatic N) is 3. The van der Waals surface area contributed by atoms with Crippen LogP contribution in [0.3, 0.4) is 0 Å². The molecule has 4 rings (SSSR count). The smallest absolute Gasteiger partial charge is 0.344 e. The van der Waals surface area contributed by atoms with Crippen molar-refractivity contribution in [2.45, 2.75) is 70.5 Å². The Balaban J connectivity index is 1.37. The Hall–Kier alpha value is -2.15. The van der Waals surface area contributed by atoms with Crippen molar-refractivity contribution in [2.75, 3.05) is 33.2 Å². The molecular weight excluding hydrogens is 394 g/mol. The van der Waals surface area contributed by atoms with E-state index in [0.717, 1.165) is 44.6 Å². The van der Waals surface area contributed by atoms with Gasteiger partial charge < -0.3 is 19.3 Å². The van der Waals surface area contributed by atoms with Gasteiger partial charge in [0.05, 0.1) is 6.10 Å². The van der Waals surface area contributed by atoms with Gasteiger partial charge in [-0.25, -0.2) is 9.78 Å². The Morgan fingerprint density at radius 1 is 1.29 bits per heavy atom. The summed E-state index contributed by atoms with van der Waals surface area (Å²) >= 11 is 0. The molecule has 0 radical (unpaired) electrons. The Bertz CT molecular complexity index is 811. The fraction of sp³-hybridized carbons (Fsp3) is 0.708. The maximum Gasteiger partial charge on any atom is 0.344 e. The molecule has 1 aromatic heterocycles. The number of hydrogen-bond acceptors (Lipinski definition) is 6. The molecule has 1 saturated carbocycles. The summed E-state index contributed by atoms with van der Waals surface area (Å²) in [5.41, 5.74) is 0.681. The standard InChI is InChI=1S/C24H35N3O4/c1-17(2)30-21-20-19(9-12-25-21)24(31-23(20)29)10-7-18(8-11-24)22(28)26(3)15-16-27-13-5-4-6-14-27/h9,12,17-18H,4-8,10-11,13-16H2,1-3H3. The van der Waals surface area contributed by atoms with Crippen LogP contribution in [0.2, 0.25) is 0 Å². The minimum atomic E-state index is -0.645. The van der Waals surface area contributed by atoms with Crippen molar-refractivity contribution in [3.05, 3.63) is 23.4 Å². The van der Waals surface area contributed by atoms with Gasteiger partial charge in [-0.3, -0.25) is 4.79 Å². The van der Waals surface area contributed by atoms with Crippen LogP contribution in [0.1, 0.15) is 74.7 Å². The number of carbonyl (C=O) groups excluding carboxylic acids is 2. The van der Waals surface area contributed by atoms with Crippen molar-refractivity contribution in [3.8, 4) is 5.88 Å². The van der Waals surface area contributed by atoms with Crippen LogP contribution in [-0.2, 0) is 15.1 Å².